The van der Waals surface area contributed by atoms with Gasteiger partial charge in [0.25, 0.3) is 0 Å². The number of nitriles is 1. The number of carbonyl (C=O) groups is 1. The number of hydrogen-bond acceptors (Lipinski definition) is 4. The molecule has 0 aliphatic heterocycles. The SMILES string of the molecule is N#Cc1c(F)cccc1Nc1ccncc1C(=O)O. The van der Waals surface area contributed by atoms with Gasteiger partial charge in [-0.25, -0.2) is 9.18 Å². The molecule has 6 heteroatoms. The number of carboxylic acid groups (broad SMARTS) is 1. The minimum Gasteiger partial charge on any atom is -0.478 e. The zero-order valence-corrected chi connectivity index (χ0v) is 9.59. The van der Waals surface area contributed by atoms with Crippen molar-refractivity contribution >= 4 is 17.3 Å². The lowest BCUT2D eigenvalue weighted by Crippen LogP contribution is -2.04. The van der Waals surface area contributed by atoms with Crippen molar-refractivity contribution in [2.24, 2.45) is 0 Å². The lowest BCUT2D eigenvalue weighted by molar-refractivity contribution is 0.0697. The van der Waals surface area contributed by atoms with Crippen LogP contribution in [-0.4, -0.2) is 16.1 Å². The molecular weight excluding hydrogens is 249 g/mol. The molecule has 2 N–H and O–H groups in total. The third-order valence-corrected chi connectivity index (χ3v) is 2.45. The van der Waals surface area contributed by atoms with Crippen molar-refractivity contribution in [3.63, 3.8) is 0 Å². The minimum atomic E-state index is -1.16. The summed E-state index contributed by atoms with van der Waals surface area (Å²) in [4.78, 5) is 14.7. The number of nitrogens with one attached hydrogen (secondary N) is 1. The van der Waals surface area contributed by atoms with Crippen LogP contribution in [0.4, 0.5) is 15.8 Å². The van der Waals surface area contributed by atoms with E-state index in [0.717, 1.165) is 6.07 Å². The van der Waals surface area contributed by atoms with E-state index in [1.165, 1.54) is 30.6 Å². The molecule has 0 amide bonds. The van der Waals surface area contributed by atoms with Gasteiger partial charge in [-0.2, -0.15) is 5.26 Å². The summed E-state index contributed by atoms with van der Waals surface area (Å²) in [5, 5.41) is 20.6. The van der Waals surface area contributed by atoms with Crippen LogP contribution in [0.15, 0.2) is 36.7 Å². The summed E-state index contributed by atoms with van der Waals surface area (Å²) in [6.45, 7) is 0. The summed E-state index contributed by atoms with van der Waals surface area (Å²) in [7, 11) is 0. The number of rotatable bonds is 3. The topological polar surface area (TPSA) is 86.0 Å². The van der Waals surface area contributed by atoms with E-state index in [2.05, 4.69) is 10.3 Å². The van der Waals surface area contributed by atoms with Gasteiger partial charge in [-0.1, -0.05) is 6.07 Å². The molecule has 0 aliphatic carbocycles. The number of aromatic carboxylic acids is 1. The van der Waals surface area contributed by atoms with E-state index in [1.54, 1.807) is 6.07 Å². The molecule has 19 heavy (non-hydrogen) atoms. The van der Waals surface area contributed by atoms with Crippen molar-refractivity contribution in [1.82, 2.24) is 4.98 Å². The van der Waals surface area contributed by atoms with Gasteiger partial charge in [-0.3, -0.25) is 4.98 Å². The highest BCUT2D eigenvalue weighted by Crippen LogP contribution is 2.24. The van der Waals surface area contributed by atoms with Gasteiger partial charge < -0.3 is 10.4 Å². The van der Waals surface area contributed by atoms with Crippen molar-refractivity contribution < 1.29 is 14.3 Å². The molecule has 1 aromatic heterocycles. The predicted octanol–water partition coefficient (Wildman–Crippen LogP) is 2.53. The standard InChI is InChI=1S/C13H8FN3O2/c14-10-2-1-3-11(8(10)6-15)17-12-4-5-16-7-9(12)13(18)19/h1-5,7H,(H,16,17)(H,18,19). The lowest BCUT2D eigenvalue weighted by atomic mass is 10.1. The molecule has 2 aromatic rings. The molecule has 94 valence electrons. The van der Waals surface area contributed by atoms with Gasteiger partial charge in [0.05, 0.1) is 11.4 Å². The Balaban J connectivity index is 2.46. The molecule has 0 aliphatic rings. The van der Waals surface area contributed by atoms with Crippen molar-refractivity contribution in [1.29, 1.82) is 5.26 Å². The van der Waals surface area contributed by atoms with Gasteiger partial charge in [-0.15, -0.1) is 0 Å². The first kappa shape index (κ1) is 12.5. The largest absolute Gasteiger partial charge is 0.478 e. The van der Waals surface area contributed by atoms with Crippen molar-refractivity contribution in [3.05, 3.63) is 53.6 Å². The zero-order chi connectivity index (χ0) is 13.8. The third-order valence-electron chi connectivity index (χ3n) is 2.45. The van der Waals surface area contributed by atoms with Gasteiger partial charge in [0.2, 0.25) is 0 Å². The second-order valence-electron chi connectivity index (χ2n) is 3.63. The molecule has 0 spiro atoms. The molecule has 0 bridgehead atoms. The second-order valence-corrected chi connectivity index (χ2v) is 3.63. The van der Waals surface area contributed by atoms with Crippen LogP contribution in [0, 0.1) is 17.1 Å². The van der Waals surface area contributed by atoms with Crippen LogP contribution < -0.4 is 5.32 Å². The molecule has 1 aromatic carbocycles. The highest BCUT2D eigenvalue weighted by Gasteiger charge is 2.13. The second kappa shape index (κ2) is 5.14. The molecule has 0 radical (unpaired) electrons. The number of anilines is 2. The maximum Gasteiger partial charge on any atom is 0.339 e. The van der Waals surface area contributed by atoms with E-state index in [0.29, 0.717) is 0 Å². The Morgan fingerprint density at radius 1 is 1.37 bits per heavy atom. The minimum absolute atomic E-state index is 0.0596. The van der Waals surface area contributed by atoms with Crippen LogP contribution in [0.25, 0.3) is 0 Å². The Kier molecular flexibility index (Phi) is 3.39. The fourth-order valence-electron chi connectivity index (χ4n) is 1.56. The highest BCUT2D eigenvalue weighted by molar-refractivity contribution is 5.94. The molecule has 0 atom stereocenters. The average molecular weight is 257 g/mol. The fraction of sp³-hybridized carbons (Fsp3) is 0. The Morgan fingerprint density at radius 3 is 2.84 bits per heavy atom. The maximum atomic E-state index is 13.4. The van der Waals surface area contributed by atoms with Gasteiger partial charge in [0.1, 0.15) is 23.0 Å². The van der Waals surface area contributed by atoms with E-state index in [9.17, 15) is 9.18 Å². The van der Waals surface area contributed by atoms with Crippen LogP contribution in [0.5, 0.6) is 0 Å². The van der Waals surface area contributed by atoms with Gasteiger partial charge >= 0.3 is 5.97 Å². The normalized spacial score (nSPS) is 9.68. The van der Waals surface area contributed by atoms with Gasteiger partial charge in [-0.05, 0) is 18.2 Å². The van der Waals surface area contributed by atoms with Gasteiger partial charge in [0, 0.05) is 12.4 Å². The molecule has 0 fully saturated rings. The third kappa shape index (κ3) is 2.50. The zero-order valence-electron chi connectivity index (χ0n) is 9.59. The van der Waals surface area contributed by atoms with Crippen LogP contribution in [-0.2, 0) is 0 Å². The first-order valence-electron chi connectivity index (χ1n) is 5.26. The lowest BCUT2D eigenvalue weighted by Gasteiger charge is -2.10. The summed E-state index contributed by atoms with van der Waals surface area (Å²) >= 11 is 0. The molecule has 0 saturated heterocycles. The van der Waals surface area contributed by atoms with Crippen molar-refractivity contribution in [3.8, 4) is 6.07 Å². The number of carboxylic acids is 1. The maximum absolute atomic E-state index is 13.4. The molecule has 0 saturated carbocycles. The number of benzene rings is 1. The number of pyridine rings is 1. The van der Waals surface area contributed by atoms with E-state index in [-0.39, 0.29) is 22.5 Å². The van der Waals surface area contributed by atoms with Crippen molar-refractivity contribution in [2.75, 3.05) is 5.32 Å². The molecule has 5 nitrogen and oxygen atoms in total. The summed E-state index contributed by atoms with van der Waals surface area (Å²) in [6, 6.07) is 7.26. The summed E-state index contributed by atoms with van der Waals surface area (Å²) in [6.07, 6.45) is 2.58. The van der Waals surface area contributed by atoms with E-state index < -0.39 is 11.8 Å². The quantitative estimate of drug-likeness (QED) is 0.882. The summed E-state index contributed by atoms with van der Waals surface area (Å²) in [5.41, 5.74) is 0.215. The van der Waals surface area contributed by atoms with Crippen molar-refractivity contribution in [2.45, 2.75) is 0 Å². The van der Waals surface area contributed by atoms with Crippen LogP contribution in [0.1, 0.15) is 15.9 Å². The number of hydrogen-bond donors (Lipinski definition) is 2. The van der Waals surface area contributed by atoms with Crippen LogP contribution in [0.3, 0.4) is 0 Å². The Labute approximate surface area is 108 Å². The van der Waals surface area contributed by atoms with Crippen LogP contribution in [0.2, 0.25) is 0 Å². The molecular formula is C13H8FN3O2. The predicted molar refractivity (Wildman–Crippen MR) is 65.6 cm³/mol. The molecule has 0 unspecified atom stereocenters. The first-order valence-corrected chi connectivity index (χ1v) is 5.26. The van der Waals surface area contributed by atoms with E-state index in [1.807, 2.05) is 0 Å². The smallest absolute Gasteiger partial charge is 0.339 e. The Morgan fingerprint density at radius 2 is 2.16 bits per heavy atom. The molecule has 1 heterocycles. The summed E-state index contributed by atoms with van der Waals surface area (Å²) in [5.74, 6) is -1.83. The van der Waals surface area contributed by atoms with E-state index >= 15 is 0 Å². The molecule has 2 rings (SSSR count). The monoisotopic (exact) mass is 257 g/mol. The van der Waals surface area contributed by atoms with Crippen LogP contribution >= 0.6 is 0 Å². The van der Waals surface area contributed by atoms with E-state index in [4.69, 9.17) is 10.4 Å². The highest BCUT2D eigenvalue weighted by atomic mass is 19.1. The summed E-state index contributed by atoms with van der Waals surface area (Å²) < 4.78 is 13.4. The number of nitrogens with zero attached hydrogens (tertiary/aromatic N) is 2. The Hall–Kier alpha value is -2.94. The van der Waals surface area contributed by atoms with Gasteiger partial charge in [0.15, 0.2) is 0 Å². The number of aromatic nitrogens is 1. The number of halogens is 1. The Bertz CT molecular complexity index is 680. The first-order chi connectivity index (χ1) is 9.13. The fourth-order valence-corrected chi connectivity index (χ4v) is 1.56. The average Bonchev–Trinajstić information content (AvgIpc) is 2.39.